The minimum atomic E-state index is -0.697. The van der Waals surface area contributed by atoms with E-state index in [9.17, 15) is 9.50 Å². The molecule has 0 saturated heterocycles. The Balaban J connectivity index is 2.95. The van der Waals surface area contributed by atoms with Gasteiger partial charge in [0.25, 0.3) is 0 Å². The van der Waals surface area contributed by atoms with Crippen LogP contribution in [0, 0.1) is 5.82 Å². The maximum absolute atomic E-state index is 13.1. The Morgan fingerprint density at radius 1 is 1.64 bits per heavy atom. The van der Waals surface area contributed by atoms with Gasteiger partial charge >= 0.3 is 0 Å². The fourth-order valence-electron chi connectivity index (χ4n) is 1.22. The van der Waals surface area contributed by atoms with Crippen molar-refractivity contribution in [2.45, 2.75) is 19.4 Å². The molecule has 0 radical (unpaired) electrons. The molecule has 1 atom stereocenters. The van der Waals surface area contributed by atoms with Gasteiger partial charge in [0, 0.05) is 0 Å². The summed E-state index contributed by atoms with van der Waals surface area (Å²) in [5, 5.41) is 9.74. The SMILES string of the molecule is C=C(C)CC(O)c1cccc(F)c1Br. The molecule has 0 aliphatic carbocycles. The molecule has 3 heteroatoms. The van der Waals surface area contributed by atoms with Gasteiger partial charge in [0.15, 0.2) is 0 Å². The van der Waals surface area contributed by atoms with E-state index in [4.69, 9.17) is 0 Å². The zero-order chi connectivity index (χ0) is 10.7. The summed E-state index contributed by atoms with van der Waals surface area (Å²) in [5.41, 5.74) is 1.43. The molecule has 0 saturated carbocycles. The van der Waals surface area contributed by atoms with Gasteiger partial charge in [-0.25, -0.2) is 4.39 Å². The number of rotatable bonds is 3. The number of aliphatic hydroxyl groups excluding tert-OH is 1. The van der Waals surface area contributed by atoms with Crippen LogP contribution in [0.1, 0.15) is 25.0 Å². The summed E-state index contributed by atoms with van der Waals surface area (Å²) >= 11 is 3.11. The zero-order valence-corrected chi connectivity index (χ0v) is 9.51. The van der Waals surface area contributed by atoms with E-state index >= 15 is 0 Å². The Bertz CT molecular complexity index is 349. The quantitative estimate of drug-likeness (QED) is 0.822. The lowest BCUT2D eigenvalue weighted by molar-refractivity contribution is 0.177. The van der Waals surface area contributed by atoms with Crippen molar-refractivity contribution < 1.29 is 9.50 Å². The van der Waals surface area contributed by atoms with E-state index in [0.29, 0.717) is 16.5 Å². The summed E-state index contributed by atoms with van der Waals surface area (Å²) in [5.74, 6) is -0.358. The van der Waals surface area contributed by atoms with Crippen LogP contribution in [0.25, 0.3) is 0 Å². The van der Waals surface area contributed by atoms with Crippen LogP contribution in [-0.2, 0) is 0 Å². The van der Waals surface area contributed by atoms with E-state index in [-0.39, 0.29) is 5.82 Å². The molecule has 1 rings (SSSR count). The summed E-state index contributed by atoms with van der Waals surface area (Å²) in [7, 11) is 0. The highest BCUT2D eigenvalue weighted by Crippen LogP contribution is 2.29. The maximum atomic E-state index is 13.1. The van der Waals surface area contributed by atoms with Gasteiger partial charge in [0.05, 0.1) is 10.6 Å². The molecule has 1 unspecified atom stereocenters. The van der Waals surface area contributed by atoms with Crippen molar-refractivity contribution in [2.24, 2.45) is 0 Å². The Kier molecular flexibility index (Phi) is 3.84. The third kappa shape index (κ3) is 2.66. The third-order valence-corrected chi connectivity index (χ3v) is 2.72. The van der Waals surface area contributed by atoms with E-state index in [1.807, 2.05) is 6.92 Å². The van der Waals surface area contributed by atoms with Gasteiger partial charge in [-0.05, 0) is 40.9 Å². The van der Waals surface area contributed by atoms with Gasteiger partial charge in [-0.15, -0.1) is 6.58 Å². The molecule has 0 fully saturated rings. The molecule has 1 aromatic carbocycles. The van der Waals surface area contributed by atoms with Crippen LogP contribution < -0.4 is 0 Å². The lowest BCUT2D eigenvalue weighted by Gasteiger charge is -2.12. The van der Waals surface area contributed by atoms with Crippen LogP contribution in [0.15, 0.2) is 34.8 Å². The highest BCUT2D eigenvalue weighted by Gasteiger charge is 2.13. The molecular weight excluding hydrogens is 247 g/mol. The third-order valence-electron chi connectivity index (χ3n) is 1.88. The molecule has 0 amide bonds. The highest BCUT2D eigenvalue weighted by molar-refractivity contribution is 9.10. The lowest BCUT2D eigenvalue weighted by atomic mass is 10.0. The number of hydrogen-bond donors (Lipinski definition) is 1. The Morgan fingerprint density at radius 3 is 2.86 bits per heavy atom. The van der Waals surface area contributed by atoms with Crippen LogP contribution in [0.5, 0.6) is 0 Å². The van der Waals surface area contributed by atoms with Crippen molar-refractivity contribution in [3.63, 3.8) is 0 Å². The molecule has 14 heavy (non-hydrogen) atoms. The van der Waals surface area contributed by atoms with Crippen molar-refractivity contribution >= 4 is 15.9 Å². The number of aliphatic hydroxyl groups is 1. The number of halogens is 2. The second-order valence-corrected chi connectivity index (χ2v) is 4.11. The van der Waals surface area contributed by atoms with Crippen LogP contribution in [0.3, 0.4) is 0 Å². The van der Waals surface area contributed by atoms with Gasteiger partial charge < -0.3 is 5.11 Å². The van der Waals surface area contributed by atoms with E-state index in [2.05, 4.69) is 22.5 Å². The van der Waals surface area contributed by atoms with E-state index in [1.165, 1.54) is 6.07 Å². The standard InChI is InChI=1S/C11H12BrFO/c1-7(2)6-10(14)8-4-3-5-9(13)11(8)12/h3-5,10,14H,1,6H2,2H3. The fraction of sp³-hybridized carbons (Fsp3) is 0.273. The Morgan fingerprint density at radius 2 is 2.29 bits per heavy atom. The molecule has 0 heterocycles. The van der Waals surface area contributed by atoms with Crippen LogP contribution in [0.2, 0.25) is 0 Å². The first-order chi connectivity index (χ1) is 6.52. The molecule has 0 bridgehead atoms. The molecule has 1 nitrogen and oxygen atoms in total. The van der Waals surface area contributed by atoms with Crippen molar-refractivity contribution in [2.75, 3.05) is 0 Å². The molecule has 76 valence electrons. The summed E-state index contributed by atoms with van der Waals surface area (Å²) in [6.45, 7) is 5.53. The predicted octanol–water partition coefficient (Wildman–Crippen LogP) is 3.59. The van der Waals surface area contributed by atoms with E-state index in [1.54, 1.807) is 12.1 Å². The van der Waals surface area contributed by atoms with E-state index < -0.39 is 6.10 Å². The minimum absolute atomic E-state index is 0.328. The lowest BCUT2D eigenvalue weighted by Crippen LogP contribution is -2.00. The number of hydrogen-bond acceptors (Lipinski definition) is 1. The molecule has 0 aliphatic rings. The van der Waals surface area contributed by atoms with Gasteiger partial charge in [0.1, 0.15) is 5.82 Å². The predicted molar refractivity (Wildman–Crippen MR) is 58.5 cm³/mol. The first-order valence-electron chi connectivity index (χ1n) is 4.28. The molecule has 0 aromatic heterocycles. The second-order valence-electron chi connectivity index (χ2n) is 3.32. The minimum Gasteiger partial charge on any atom is -0.388 e. The fourth-order valence-corrected chi connectivity index (χ4v) is 1.75. The summed E-state index contributed by atoms with van der Waals surface area (Å²) < 4.78 is 13.4. The average molecular weight is 259 g/mol. The molecule has 1 aromatic rings. The summed E-state index contributed by atoms with van der Waals surface area (Å²) in [6, 6.07) is 4.62. The topological polar surface area (TPSA) is 20.2 Å². The zero-order valence-electron chi connectivity index (χ0n) is 7.93. The van der Waals surface area contributed by atoms with Crippen LogP contribution in [0.4, 0.5) is 4.39 Å². The summed E-state index contributed by atoms with van der Waals surface area (Å²) in [6.07, 6.45) is -0.250. The molecule has 0 aliphatic heterocycles. The van der Waals surface area contributed by atoms with Crippen LogP contribution >= 0.6 is 15.9 Å². The highest BCUT2D eigenvalue weighted by atomic mass is 79.9. The average Bonchev–Trinajstić information content (AvgIpc) is 2.08. The molecule has 0 spiro atoms. The molecule has 1 N–H and O–H groups in total. The van der Waals surface area contributed by atoms with Crippen molar-refractivity contribution in [1.82, 2.24) is 0 Å². The summed E-state index contributed by atoms with van der Waals surface area (Å²) in [4.78, 5) is 0. The monoisotopic (exact) mass is 258 g/mol. The van der Waals surface area contributed by atoms with Crippen molar-refractivity contribution in [3.8, 4) is 0 Å². The largest absolute Gasteiger partial charge is 0.388 e. The Hall–Kier alpha value is -0.670. The molecular formula is C11H12BrFO. The smallest absolute Gasteiger partial charge is 0.137 e. The van der Waals surface area contributed by atoms with Crippen LogP contribution in [-0.4, -0.2) is 5.11 Å². The maximum Gasteiger partial charge on any atom is 0.137 e. The van der Waals surface area contributed by atoms with Gasteiger partial charge in [-0.1, -0.05) is 17.7 Å². The van der Waals surface area contributed by atoms with Gasteiger partial charge in [-0.3, -0.25) is 0 Å². The van der Waals surface area contributed by atoms with Gasteiger partial charge in [0.2, 0.25) is 0 Å². The Labute approximate surface area is 91.4 Å². The van der Waals surface area contributed by atoms with Crippen molar-refractivity contribution in [1.29, 1.82) is 0 Å². The van der Waals surface area contributed by atoms with E-state index in [0.717, 1.165) is 5.57 Å². The second kappa shape index (κ2) is 4.71. The number of benzene rings is 1. The normalized spacial score (nSPS) is 12.6. The van der Waals surface area contributed by atoms with Gasteiger partial charge in [-0.2, -0.15) is 0 Å². The first-order valence-corrected chi connectivity index (χ1v) is 5.08. The first kappa shape index (κ1) is 11.4. The van der Waals surface area contributed by atoms with Crippen molar-refractivity contribution in [3.05, 3.63) is 46.2 Å².